The second-order valence-electron chi connectivity index (χ2n) is 4.63. The molecule has 2 rings (SSSR count). The highest BCUT2D eigenvalue weighted by molar-refractivity contribution is 9.09. The number of alkyl halides is 1. The summed E-state index contributed by atoms with van der Waals surface area (Å²) in [5, 5.41) is 47.2. The van der Waals surface area contributed by atoms with Crippen LogP contribution in [0.5, 0.6) is 0 Å². The number of nitriles is 5. The van der Waals surface area contributed by atoms with E-state index in [0.717, 1.165) is 0 Å². The lowest BCUT2D eigenvalue weighted by molar-refractivity contribution is 0.617. The number of allylic oxidation sites excluding steroid dienone is 4. The number of hydrogen-bond donors (Lipinski definition) is 0. The van der Waals surface area contributed by atoms with Crippen molar-refractivity contribution in [2.45, 2.75) is 4.32 Å². The molecule has 0 fully saturated rings. The van der Waals surface area contributed by atoms with Crippen LogP contribution in [0, 0.1) is 62.6 Å². The molecule has 1 aliphatic rings. The standard InChI is InChI=1S/C17H6BrN5/c18-17(11-4-2-1-3-5-11)15(9-22)13(7-20)12(6-19)14(8-21)16(17)10-23/h1-5,15H. The molecule has 5 nitrogen and oxygen atoms in total. The first-order chi connectivity index (χ1) is 11.1. The van der Waals surface area contributed by atoms with Gasteiger partial charge in [0.05, 0.1) is 40.5 Å². The van der Waals surface area contributed by atoms with Crippen LogP contribution in [0.1, 0.15) is 5.56 Å². The highest BCUT2D eigenvalue weighted by atomic mass is 79.9. The van der Waals surface area contributed by atoms with Gasteiger partial charge in [0, 0.05) is 0 Å². The summed E-state index contributed by atoms with van der Waals surface area (Å²) in [6.45, 7) is 0. The molecule has 0 amide bonds. The normalized spacial score (nSPS) is 23.0. The van der Waals surface area contributed by atoms with Crippen molar-refractivity contribution in [1.29, 1.82) is 26.3 Å². The molecule has 0 aromatic heterocycles. The van der Waals surface area contributed by atoms with E-state index < -0.39 is 10.2 Å². The molecule has 6 heteroatoms. The van der Waals surface area contributed by atoms with Crippen molar-refractivity contribution in [3.8, 4) is 30.3 Å². The number of halogens is 1. The summed E-state index contributed by atoms with van der Waals surface area (Å²) in [6, 6.07) is 18.0. The fourth-order valence-corrected chi connectivity index (χ4v) is 3.44. The van der Waals surface area contributed by atoms with Crippen LogP contribution in [-0.2, 0) is 4.32 Å². The zero-order valence-electron chi connectivity index (χ0n) is 11.6. The lowest BCUT2D eigenvalue weighted by Crippen LogP contribution is -2.35. The summed E-state index contributed by atoms with van der Waals surface area (Å²) in [5.74, 6) is -1.10. The van der Waals surface area contributed by atoms with Gasteiger partial charge in [-0.05, 0) is 5.56 Å². The SMILES string of the molecule is N#CC1=C(C#N)C(C#N)C(Br)(c2ccccc2)C(C#N)=C1C#N. The highest BCUT2D eigenvalue weighted by Crippen LogP contribution is 2.53. The van der Waals surface area contributed by atoms with Gasteiger partial charge in [0.25, 0.3) is 0 Å². The van der Waals surface area contributed by atoms with Crippen LogP contribution in [0.3, 0.4) is 0 Å². The van der Waals surface area contributed by atoms with Crippen molar-refractivity contribution in [2.75, 3.05) is 0 Å². The Balaban J connectivity index is 2.98. The Morgan fingerprint density at radius 3 is 1.87 bits per heavy atom. The van der Waals surface area contributed by atoms with E-state index in [2.05, 4.69) is 15.9 Å². The van der Waals surface area contributed by atoms with Crippen molar-refractivity contribution in [2.24, 2.45) is 5.92 Å². The van der Waals surface area contributed by atoms with Crippen LogP contribution in [0.15, 0.2) is 52.6 Å². The van der Waals surface area contributed by atoms with Crippen LogP contribution in [0.4, 0.5) is 0 Å². The predicted molar refractivity (Wildman–Crippen MR) is 82.7 cm³/mol. The maximum absolute atomic E-state index is 9.59. The number of rotatable bonds is 1. The summed E-state index contributed by atoms with van der Waals surface area (Å²) >= 11 is 3.43. The second kappa shape index (κ2) is 6.17. The average Bonchev–Trinajstić information content (AvgIpc) is 2.60. The van der Waals surface area contributed by atoms with E-state index in [1.165, 1.54) is 0 Å². The van der Waals surface area contributed by atoms with Gasteiger partial charge in [-0.25, -0.2) is 0 Å². The fraction of sp³-hybridized carbons (Fsp3) is 0.118. The molecule has 0 saturated carbocycles. The molecule has 0 heterocycles. The van der Waals surface area contributed by atoms with Crippen LogP contribution >= 0.6 is 15.9 Å². The fourth-order valence-electron chi connectivity index (χ4n) is 2.56. The molecule has 2 atom stereocenters. The first kappa shape index (κ1) is 16.0. The van der Waals surface area contributed by atoms with Gasteiger partial charge in [0.2, 0.25) is 0 Å². The van der Waals surface area contributed by atoms with Gasteiger partial charge >= 0.3 is 0 Å². The van der Waals surface area contributed by atoms with Gasteiger partial charge in [-0.2, -0.15) is 26.3 Å². The Morgan fingerprint density at radius 2 is 1.43 bits per heavy atom. The average molecular weight is 360 g/mol. The van der Waals surface area contributed by atoms with E-state index in [4.69, 9.17) is 0 Å². The maximum atomic E-state index is 9.59. The van der Waals surface area contributed by atoms with E-state index in [-0.39, 0.29) is 22.3 Å². The van der Waals surface area contributed by atoms with Crippen LogP contribution in [-0.4, -0.2) is 0 Å². The zero-order valence-corrected chi connectivity index (χ0v) is 13.2. The Kier molecular flexibility index (Phi) is 4.30. The number of hydrogen-bond acceptors (Lipinski definition) is 5. The third-order valence-electron chi connectivity index (χ3n) is 3.60. The van der Waals surface area contributed by atoms with E-state index in [9.17, 15) is 26.3 Å². The molecule has 0 radical (unpaired) electrons. The number of nitrogens with zero attached hydrogens (tertiary/aromatic N) is 5. The minimum Gasteiger partial charge on any atom is -0.198 e. The molecule has 0 saturated heterocycles. The van der Waals surface area contributed by atoms with Crippen molar-refractivity contribution in [3.63, 3.8) is 0 Å². The topological polar surface area (TPSA) is 119 Å². The van der Waals surface area contributed by atoms with E-state index in [1.54, 1.807) is 36.4 Å². The molecule has 1 aromatic carbocycles. The largest absolute Gasteiger partial charge is 0.198 e. The van der Waals surface area contributed by atoms with Crippen LogP contribution in [0.25, 0.3) is 0 Å². The molecule has 0 N–H and O–H groups in total. The summed E-state index contributed by atoms with van der Waals surface area (Å²) in [5.41, 5.74) is -0.0111. The Hall–Kier alpha value is -3.37. The van der Waals surface area contributed by atoms with Gasteiger partial charge in [0.1, 0.15) is 22.4 Å². The van der Waals surface area contributed by atoms with Gasteiger partial charge in [-0.3, -0.25) is 0 Å². The van der Waals surface area contributed by atoms with E-state index >= 15 is 0 Å². The van der Waals surface area contributed by atoms with Gasteiger partial charge in [0.15, 0.2) is 0 Å². The van der Waals surface area contributed by atoms with Gasteiger partial charge in [-0.1, -0.05) is 46.3 Å². The molecule has 0 aliphatic heterocycles. The zero-order chi connectivity index (χ0) is 17.0. The smallest absolute Gasteiger partial charge is 0.107 e. The molecule has 0 spiro atoms. The van der Waals surface area contributed by atoms with Crippen molar-refractivity contribution < 1.29 is 0 Å². The van der Waals surface area contributed by atoms with E-state index in [0.29, 0.717) is 5.56 Å². The van der Waals surface area contributed by atoms with Gasteiger partial charge in [-0.15, -0.1) is 0 Å². The third kappa shape index (κ3) is 2.18. The minimum absolute atomic E-state index is 0.0479. The lowest BCUT2D eigenvalue weighted by Gasteiger charge is -2.35. The summed E-state index contributed by atoms with van der Waals surface area (Å²) in [6.07, 6.45) is 0. The Morgan fingerprint density at radius 1 is 0.826 bits per heavy atom. The predicted octanol–water partition coefficient (Wildman–Crippen LogP) is 3.12. The Labute approximate surface area is 141 Å². The Bertz CT molecular complexity index is 938. The first-order valence-electron chi connectivity index (χ1n) is 6.33. The van der Waals surface area contributed by atoms with Crippen molar-refractivity contribution >= 4 is 15.9 Å². The molecule has 1 aliphatic carbocycles. The molecular formula is C17H6BrN5. The molecule has 23 heavy (non-hydrogen) atoms. The third-order valence-corrected chi connectivity index (χ3v) is 4.91. The quantitative estimate of drug-likeness (QED) is 0.713. The molecule has 0 bridgehead atoms. The van der Waals surface area contributed by atoms with Crippen LogP contribution in [0.2, 0.25) is 0 Å². The maximum Gasteiger partial charge on any atom is 0.107 e. The first-order valence-corrected chi connectivity index (χ1v) is 7.13. The van der Waals surface area contributed by atoms with Gasteiger partial charge < -0.3 is 0 Å². The summed E-state index contributed by atoms with van der Waals surface area (Å²) < 4.78 is -1.35. The molecular weight excluding hydrogens is 354 g/mol. The monoisotopic (exact) mass is 359 g/mol. The highest BCUT2D eigenvalue weighted by Gasteiger charge is 2.50. The minimum atomic E-state index is -1.35. The molecule has 2 unspecified atom stereocenters. The van der Waals surface area contributed by atoms with E-state index in [1.807, 2.05) is 24.3 Å². The summed E-state index contributed by atoms with van der Waals surface area (Å²) in [4.78, 5) is 0. The lowest BCUT2D eigenvalue weighted by atomic mass is 9.70. The second-order valence-corrected chi connectivity index (χ2v) is 5.88. The van der Waals surface area contributed by atoms with Crippen molar-refractivity contribution in [1.82, 2.24) is 0 Å². The molecule has 106 valence electrons. The van der Waals surface area contributed by atoms with Crippen LogP contribution < -0.4 is 0 Å². The van der Waals surface area contributed by atoms with Crippen molar-refractivity contribution in [3.05, 3.63) is 58.2 Å². The number of benzene rings is 1. The summed E-state index contributed by atoms with van der Waals surface area (Å²) in [7, 11) is 0. The molecule has 1 aromatic rings.